The molecule has 1 aromatic heterocycles. The van der Waals surface area contributed by atoms with Crippen molar-refractivity contribution in [3.63, 3.8) is 0 Å². The first kappa shape index (κ1) is 41.1. The summed E-state index contributed by atoms with van der Waals surface area (Å²) in [5.74, 6) is -0.107. The molecule has 5 aliphatic rings. The van der Waals surface area contributed by atoms with Crippen molar-refractivity contribution in [2.24, 2.45) is 23.2 Å². The van der Waals surface area contributed by atoms with Crippen molar-refractivity contribution in [2.75, 3.05) is 52.6 Å². The molecule has 3 aliphatic carbocycles. The zero-order chi connectivity index (χ0) is 40.6. The van der Waals surface area contributed by atoms with Gasteiger partial charge in [0, 0.05) is 37.5 Å². The van der Waals surface area contributed by atoms with Crippen LogP contribution < -0.4 is 24.8 Å². The molecule has 5 fully saturated rings. The van der Waals surface area contributed by atoms with Gasteiger partial charge in [0.1, 0.15) is 58.5 Å². The number of ether oxygens (including phenoxy) is 5. The lowest BCUT2D eigenvalue weighted by molar-refractivity contribution is -0.146. The van der Waals surface area contributed by atoms with Gasteiger partial charge in [0.05, 0.1) is 26.4 Å². The highest BCUT2D eigenvalue weighted by Gasteiger charge is 2.61. The average molecular weight is 814 g/mol. The maximum atomic E-state index is 14.6. The summed E-state index contributed by atoms with van der Waals surface area (Å²) >= 11 is 6.92. The highest BCUT2D eigenvalue weighted by molar-refractivity contribution is 6.36. The summed E-state index contributed by atoms with van der Waals surface area (Å²) in [7, 11) is 0. The standard InChI is InChI=1S/C41H56ClN5O10/c1-6-25-21-41(25,38(50)51)45-36(48)29-19-27(22-47(29)37(49)35(40(3,4)5)44-39(52)57-26-17-23-16-24(23)18-26)56-31-20-32(54-7-2)43-34-28(31)8-9-30(33(34)42)55-15-12-46-10-13-53-14-11-46/h8-9,20,23-27,29,35H,6-7,10-19,21-22H2,1-5H3,(H,44,52)(H,45,48)(H,50,51)/t23-,24+,25-,26?,27-,29+,35-,41-/m1/s1. The Morgan fingerprint density at radius 2 is 1.77 bits per heavy atom. The molecule has 312 valence electrons. The Bertz CT molecular complexity index is 1840. The van der Waals surface area contributed by atoms with Gasteiger partial charge >= 0.3 is 12.1 Å². The molecule has 3 N–H and O–H groups in total. The molecule has 57 heavy (non-hydrogen) atoms. The number of benzene rings is 1. The second-order valence-electron chi connectivity index (χ2n) is 17.2. The lowest BCUT2D eigenvalue weighted by Gasteiger charge is -2.35. The van der Waals surface area contributed by atoms with Crippen LogP contribution in [-0.4, -0.2) is 126 Å². The molecule has 16 heteroatoms. The molecule has 15 nitrogen and oxygen atoms in total. The van der Waals surface area contributed by atoms with Crippen LogP contribution in [0.1, 0.15) is 73.1 Å². The molecule has 1 aromatic carbocycles. The van der Waals surface area contributed by atoms with Crippen LogP contribution in [0.25, 0.3) is 10.9 Å². The number of aromatic nitrogens is 1. The number of rotatable bonds is 15. The first-order chi connectivity index (χ1) is 27.2. The Hall–Kier alpha value is -4.08. The number of likely N-dealkylation sites (tertiary alicyclic amines) is 1. The van der Waals surface area contributed by atoms with Crippen LogP contribution in [-0.2, 0) is 23.9 Å². The Morgan fingerprint density at radius 1 is 1.04 bits per heavy atom. The number of fused-ring (bicyclic) bond motifs is 2. The molecule has 2 aromatic rings. The monoisotopic (exact) mass is 813 g/mol. The van der Waals surface area contributed by atoms with Crippen LogP contribution in [0.4, 0.5) is 4.79 Å². The van der Waals surface area contributed by atoms with Crippen molar-refractivity contribution in [3.8, 4) is 17.4 Å². The van der Waals surface area contributed by atoms with Crippen molar-refractivity contribution in [1.29, 1.82) is 0 Å². The first-order valence-electron chi connectivity index (χ1n) is 20.4. The summed E-state index contributed by atoms with van der Waals surface area (Å²) in [5, 5.41) is 16.6. The van der Waals surface area contributed by atoms with Crippen LogP contribution in [0.3, 0.4) is 0 Å². The van der Waals surface area contributed by atoms with Gasteiger partial charge < -0.3 is 44.3 Å². The zero-order valence-electron chi connectivity index (χ0n) is 33.5. The smallest absolute Gasteiger partial charge is 0.408 e. The second-order valence-corrected chi connectivity index (χ2v) is 17.6. The van der Waals surface area contributed by atoms with E-state index in [4.69, 9.17) is 35.3 Å². The quantitative estimate of drug-likeness (QED) is 0.227. The van der Waals surface area contributed by atoms with Crippen LogP contribution in [0.2, 0.25) is 5.02 Å². The largest absolute Gasteiger partial charge is 0.491 e. The summed E-state index contributed by atoms with van der Waals surface area (Å²) in [5.41, 5.74) is -1.77. The Kier molecular flexibility index (Phi) is 12.0. The van der Waals surface area contributed by atoms with E-state index < -0.39 is 53.0 Å². The number of aliphatic carboxylic acids is 1. The second kappa shape index (κ2) is 16.6. The average Bonchev–Trinajstić information content (AvgIpc) is 3.98. The number of hydrogen-bond donors (Lipinski definition) is 3. The number of nitrogens with zero attached hydrogens (tertiary/aromatic N) is 3. The lowest BCUT2D eigenvalue weighted by Crippen LogP contribution is -2.59. The number of amides is 3. The van der Waals surface area contributed by atoms with Crippen molar-refractivity contribution < 1.29 is 48.0 Å². The fraction of sp³-hybridized carbons (Fsp3) is 0.683. The molecule has 3 saturated carbocycles. The zero-order valence-corrected chi connectivity index (χ0v) is 34.3. The third-order valence-electron chi connectivity index (χ3n) is 12.2. The molecule has 1 unspecified atom stereocenters. The number of carboxylic acids is 1. The van der Waals surface area contributed by atoms with Gasteiger partial charge in [0.2, 0.25) is 17.7 Å². The summed E-state index contributed by atoms with van der Waals surface area (Å²) in [6.45, 7) is 13.7. The number of carbonyl (C=O) groups excluding carboxylic acids is 3. The van der Waals surface area contributed by atoms with Gasteiger partial charge in [-0.1, -0.05) is 45.7 Å². The molecule has 8 atom stereocenters. The highest BCUT2D eigenvalue weighted by Crippen LogP contribution is 2.52. The van der Waals surface area contributed by atoms with Gasteiger partial charge in [-0.3, -0.25) is 14.5 Å². The molecular weight excluding hydrogens is 758 g/mol. The number of alkyl carbamates (subject to hydrolysis) is 1. The number of nitrogens with one attached hydrogen (secondary N) is 2. The fourth-order valence-corrected chi connectivity index (χ4v) is 9.01. The van der Waals surface area contributed by atoms with E-state index in [0.29, 0.717) is 80.1 Å². The molecular formula is C41H56ClN5O10. The van der Waals surface area contributed by atoms with Crippen molar-refractivity contribution in [1.82, 2.24) is 25.4 Å². The molecule has 0 radical (unpaired) electrons. The molecule has 2 saturated heterocycles. The Balaban J connectivity index is 1.13. The fourth-order valence-electron chi connectivity index (χ4n) is 8.75. The topological polar surface area (TPSA) is 178 Å². The van der Waals surface area contributed by atoms with Gasteiger partial charge in [-0.15, -0.1) is 0 Å². The normalized spacial score (nSPS) is 28.6. The first-order valence-corrected chi connectivity index (χ1v) is 20.8. The van der Waals surface area contributed by atoms with E-state index in [2.05, 4.69) is 20.5 Å². The SMILES string of the molecule is CCOc1cc(O[C@@H]2C[C@@H](C(=O)N[C@]3(C(=O)O)C[C@H]3CC)N(C(=O)[C@@H](NC(=O)OC3C[C@@H]4C[C@@H]4C3)C(C)(C)C)C2)c2ccc(OCCN3CCOCC3)c(Cl)c2n1. The van der Waals surface area contributed by atoms with E-state index in [9.17, 15) is 24.3 Å². The molecule has 0 bridgehead atoms. The van der Waals surface area contributed by atoms with Crippen LogP contribution >= 0.6 is 11.6 Å². The minimum Gasteiger partial charge on any atom is -0.491 e. The lowest BCUT2D eigenvalue weighted by atomic mass is 9.85. The van der Waals surface area contributed by atoms with Crippen molar-refractivity contribution in [3.05, 3.63) is 23.2 Å². The van der Waals surface area contributed by atoms with E-state index in [1.807, 2.05) is 34.6 Å². The van der Waals surface area contributed by atoms with E-state index in [0.717, 1.165) is 25.9 Å². The van der Waals surface area contributed by atoms with Gasteiger partial charge in [-0.2, -0.15) is 0 Å². The van der Waals surface area contributed by atoms with Gasteiger partial charge in [0.15, 0.2) is 0 Å². The summed E-state index contributed by atoms with van der Waals surface area (Å²) < 4.78 is 29.7. The Morgan fingerprint density at radius 3 is 2.42 bits per heavy atom. The number of morpholine rings is 1. The van der Waals surface area contributed by atoms with Gasteiger partial charge in [-0.05, 0) is 67.9 Å². The summed E-state index contributed by atoms with van der Waals surface area (Å²) in [6.07, 6.45) is 2.18. The number of halogens is 1. The highest BCUT2D eigenvalue weighted by atomic mass is 35.5. The summed E-state index contributed by atoms with van der Waals surface area (Å²) in [6, 6.07) is 3.07. The van der Waals surface area contributed by atoms with Crippen molar-refractivity contribution >= 4 is 46.4 Å². The third kappa shape index (κ3) is 9.00. The number of carboxylic acid groups (broad SMARTS) is 1. The van der Waals surface area contributed by atoms with Gasteiger partial charge in [0.25, 0.3) is 0 Å². The minimum atomic E-state index is -1.40. The molecule has 0 spiro atoms. The molecule has 7 rings (SSSR count). The van der Waals surface area contributed by atoms with Gasteiger partial charge in [-0.25, -0.2) is 14.6 Å². The van der Waals surface area contributed by atoms with E-state index in [-0.39, 0.29) is 35.9 Å². The van der Waals surface area contributed by atoms with E-state index in [1.165, 1.54) is 11.3 Å². The number of pyridine rings is 1. The minimum absolute atomic E-state index is 0.0201. The number of carbonyl (C=O) groups is 4. The van der Waals surface area contributed by atoms with Crippen LogP contribution in [0.5, 0.6) is 17.4 Å². The van der Waals surface area contributed by atoms with Crippen molar-refractivity contribution in [2.45, 2.75) is 103 Å². The predicted octanol–water partition coefficient (Wildman–Crippen LogP) is 4.66. The van der Waals surface area contributed by atoms with E-state index in [1.54, 1.807) is 18.2 Å². The maximum absolute atomic E-state index is 14.6. The number of hydrogen-bond acceptors (Lipinski definition) is 11. The third-order valence-corrected chi connectivity index (χ3v) is 12.6. The molecule has 3 amide bonds. The molecule has 3 heterocycles. The van der Waals surface area contributed by atoms with Crippen LogP contribution in [0, 0.1) is 23.2 Å². The van der Waals surface area contributed by atoms with E-state index >= 15 is 0 Å². The van der Waals surface area contributed by atoms with Crippen LogP contribution in [0.15, 0.2) is 18.2 Å². The Labute approximate surface area is 338 Å². The summed E-state index contributed by atoms with van der Waals surface area (Å²) in [4.78, 5) is 62.8. The predicted molar refractivity (Wildman–Crippen MR) is 210 cm³/mol. The maximum Gasteiger partial charge on any atom is 0.408 e. The molecule has 2 aliphatic heterocycles.